The number of rotatable bonds is 5. The Balaban J connectivity index is 1.75. The molecule has 1 fully saturated rings. The summed E-state index contributed by atoms with van der Waals surface area (Å²) < 4.78 is 32.5. The second kappa shape index (κ2) is 8.32. The minimum absolute atomic E-state index is 0.132. The van der Waals surface area contributed by atoms with Crippen LogP contribution in [0.25, 0.3) is 0 Å². The molecule has 1 atom stereocenters. The zero-order valence-electron chi connectivity index (χ0n) is 16.4. The standard InChI is InChI=1S/C21H26N2O4S/c1-15-6-4-7-16(2)20(15)22-21(24)17-8-5-13-23(14-17)28(25,26)19-11-9-18(27-3)10-12-19/h4,6-7,9-12,17H,5,8,13-14H2,1-3H3,(H,22,24). The summed E-state index contributed by atoms with van der Waals surface area (Å²) in [6.45, 7) is 4.50. The van der Waals surface area contributed by atoms with E-state index >= 15 is 0 Å². The molecule has 0 bridgehead atoms. The molecule has 0 saturated carbocycles. The fourth-order valence-electron chi connectivity index (χ4n) is 3.51. The van der Waals surface area contributed by atoms with Crippen molar-refractivity contribution >= 4 is 21.6 Å². The lowest BCUT2D eigenvalue weighted by atomic mass is 9.98. The van der Waals surface area contributed by atoms with E-state index in [0.29, 0.717) is 25.1 Å². The molecule has 0 aromatic heterocycles. The maximum atomic E-state index is 13.0. The van der Waals surface area contributed by atoms with Gasteiger partial charge in [-0.25, -0.2) is 8.42 Å². The van der Waals surface area contributed by atoms with Crippen molar-refractivity contribution in [2.45, 2.75) is 31.6 Å². The quantitative estimate of drug-likeness (QED) is 0.832. The number of amides is 1. The number of carbonyl (C=O) groups is 1. The number of ether oxygens (including phenoxy) is 1. The summed E-state index contributed by atoms with van der Waals surface area (Å²) in [5.41, 5.74) is 2.79. The summed E-state index contributed by atoms with van der Waals surface area (Å²) in [5, 5.41) is 3.00. The predicted molar refractivity (Wildman–Crippen MR) is 109 cm³/mol. The lowest BCUT2D eigenvalue weighted by Crippen LogP contribution is -2.43. The van der Waals surface area contributed by atoms with E-state index in [4.69, 9.17) is 4.74 Å². The highest BCUT2D eigenvalue weighted by Gasteiger charge is 2.33. The summed E-state index contributed by atoms with van der Waals surface area (Å²) in [5.74, 6) is 0.0938. The van der Waals surface area contributed by atoms with Gasteiger partial charge < -0.3 is 10.1 Å². The number of hydrogen-bond donors (Lipinski definition) is 1. The van der Waals surface area contributed by atoms with Gasteiger partial charge in [-0.05, 0) is 62.1 Å². The number of nitrogens with zero attached hydrogens (tertiary/aromatic N) is 1. The highest BCUT2D eigenvalue weighted by atomic mass is 32.2. The minimum atomic E-state index is -3.64. The van der Waals surface area contributed by atoms with Crippen LogP contribution in [0.3, 0.4) is 0 Å². The van der Waals surface area contributed by atoms with Gasteiger partial charge >= 0.3 is 0 Å². The summed E-state index contributed by atoms with van der Waals surface area (Å²) in [7, 11) is -2.11. The van der Waals surface area contributed by atoms with Crippen molar-refractivity contribution in [2.75, 3.05) is 25.5 Å². The van der Waals surface area contributed by atoms with E-state index in [1.165, 1.54) is 23.5 Å². The Labute approximate surface area is 166 Å². The largest absolute Gasteiger partial charge is 0.497 e. The third-order valence-electron chi connectivity index (χ3n) is 5.18. The molecule has 1 saturated heterocycles. The number of sulfonamides is 1. The molecule has 0 aliphatic carbocycles. The van der Waals surface area contributed by atoms with E-state index in [1.807, 2.05) is 32.0 Å². The number of anilines is 1. The normalized spacial score (nSPS) is 17.9. The summed E-state index contributed by atoms with van der Waals surface area (Å²) in [4.78, 5) is 13.0. The SMILES string of the molecule is COc1ccc(S(=O)(=O)N2CCCC(C(=O)Nc3c(C)cccc3C)C2)cc1. The molecule has 1 aliphatic rings. The van der Waals surface area contributed by atoms with Crippen molar-refractivity contribution in [1.82, 2.24) is 4.31 Å². The highest BCUT2D eigenvalue weighted by molar-refractivity contribution is 7.89. The first-order chi connectivity index (χ1) is 13.3. The van der Waals surface area contributed by atoms with Gasteiger partial charge in [0.2, 0.25) is 15.9 Å². The van der Waals surface area contributed by atoms with E-state index in [-0.39, 0.29) is 23.3 Å². The van der Waals surface area contributed by atoms with Gasteiger partial charge in [0.1, 0.15) is 5.75 Å². The summed E-state index contributed by atoms with van der Waals surface area (Å²) in [6, 6.07) is 12.2. The molecule has 0 spiro atoms. The molecule has 2 aromatic carbocycles. The lowest BCUT2D eigenvalue weighted by Gasteiger charge is -2.31. The van der Waals surface area contributed by atoms with Gasteiger partial charge in [0.15, 0.2) is 0 Å². The van der Waals surface area contributed by atoms with Gasteiger partial charge in [-0.3, -0.25) is 4.79 Å². The number of nitrogens with one attached hydrogen (secondary N) is 1. The van der Waals surface area contributed by atoms with Crippen molar-refractivity contribution in [3.63, 3.8) is 0 Å². The van der Waals surface area contributed by atoms with E-state index in [0.717, 1.165) is 16.8 Å². The van der Waals surface area contributed by atoms with Crippen LogP contribution in [0.15, 0.2) is 47.4 Å². The monoisotopic (exact) mass is 402 g/mol. The Kier molecular flexibility index (Phi) is 6.05. The van der Waals surface area contributed by atoms with Gasteiger partial charge in [0, 0.05) is 18.8 Å². The zero-order valence-corrected chi connectivity index (χ0v) is 17.3. The number of benzene rings is 2. The molecule has 1 N–H and O–H groups in total. The fraction of sp³-hybridized carbons (Fsp3) is 0.381. The smallest absolute Gasteiger partial charge is 0.243 e. The highest BCUT2D eigenvalue weighted by Crippen LogP contribution is 2.27. The number of para-hydroxylation sites is 1. The van der Waals surface area contributed by atoms with Gasteiger partial charge in [-0.2, -0.15) is 4.31 Å². The average Bonchev–Trinajstić information content (AvgIpc) is 2.71. The topological polar surface area (TPSA) is 75.7 Å². The molecule has 6 nitrogen and oxygen atoms in total. The molecule has 7 heteroatoms. The molecule has 2 aromatic rings. The van der Waals surface area contributed by atoms with E-state index in [9.17, 15) is 13.2 Å². The Morgan fingerprint density at radius 3 is 2.36 bits per heavy atom. The van der Waals surface area contributed by atoms with Crippen LogP contribution < -0.4 is 10.1 Å². The molecule has 3 rings (SSSR count). The average molecular weight is 403 g/mol. The number of piperidine rings is 1. The maximum Gasteiger partial charge on any atom is 0.243 e. The molecule has 0 radical (unpaired) electrons. The first kappa shape index (κ1) is 20.4. The molecule has 150 valence electrons. The van der Waals surface area contributed by atoms with Crippen molar-refractivity contribution in [3.8, 4) is 5.75 Å². The van der Waals surface area contributed by atoms with Crippen LogP contribution in [0, 0.1) is 19.8 Å². The minimum Gasteiger partial charge on any atom is -0.497 e. The molecular formula is C21H26N2O4S. The van der Waals surface area contributed by atoms with Crippen LogP contribution >= 0.6 is 0 Å². The fourth-order valence-corrected chi connectivity index (χ4v) is 5.03. The molecule has 28 heavy (non-hydrogen) atoms. The van der Waals surface area contributed by atoms with E-state index in [2.05, 4.69) is 5.32 Å². The first-order valence-electron chi connectivity index (χ1n) is 9.34. The summed E-state index contributed by atoms with van der Waals surface area (Å²) in [6.07, 6.45) is 1.33. The maximum absolute atomic E-state index is 13.0. The van der Waals surface area contributed by atoms with Crippen LogP contribution in [0.5, 0.6) is 5.75 Å². The second-order valence-corrected chi connectivity index (χ2v) is 9.07. The number of hydrogen-bond acceptors (Lipinski definition) is 4. The van der Waals surface area contributed by atoms with Crippen molar-refractivity contribution in [1.29, 1.82) is 0 Å². The molecule has 1 unspecified atom stereocenters. The van der Waals surface area contributed by atoms with Crippen LogP contribution in [-0.2, 0) is 14.8 Å². The van der Waals surface area contributed by atoms with Gasteiger partial charge in [-0.1, -0.05) is 18.2 Å². The first-order valence-corrected chi connectivity index (χ1v) is 10.8. The van der Waals surface area contributed by atoms with Crippen LogP contribution in [-0.4, -0.2) is 38.8 Å². The number of methoxy groups -OCH3 is 1. The Hall–Kier alpha value is -2.38. The van der Waals surface area contributed by atoms with Crippen LogP contribution in [0.4, 0.5) is 5.69 Å². The Bertz CT molecular complexity index is 935. The Morgan fingerprint density at radius 2 is 1.75 bits per heavy atom. The third kappa shape index (κ3) is 4.20. The third-order valence-corrected chi connectivity index (χ3v) is 7.06. The van der Waals surface area contributed by atoms with E-state index < -0.39 is 10.0 Å². The van der Waals surface area contributed by atoms with Gasteiger partial charge in [0.25, 0.3) is 0 Å². The second-order valence-electron chi connectivity index (χ2n) is 7.13. The molecular weight excluding hydrogens is 376 g/mol. The van der Waals surface area contributed by atoms with Gasteiger partial charge in [-0.15, -0.1) is 0 Å². The zero-order chi connectivity index (χ0) is 20.3. The predicted octanol–water partition coefficient (Wildman–Crippen LogP) is 3.35. The number of carbonyl (C=O) groups excluding carboxylic acids is 1. The van der Waals surface area contributed by atoms with Crippen molar-refractivity contribution < 1.29 is 17.9 Å². The van der Waals surface area contributed by atoms with Crippen LogP contribution in [0.2, 0.25) is 0 Å². The van der Waals surface area contributed by atoms with Crippen molar-refractivity contribution in [3.05, 3.63) is 53.6 Å². The van der Waals surface area contributed by atoms with Crippen LogP contribution in [0.1, 0.15) is 24.0 Å². The summed E-state index contributed by atoms with van der Waals surface area (Å²) >= 11 is 0. The molecule has 1 aliphatic heterocycles. The lowest BCUT2D eigenvalue weighted by molar-refractivity contribution is -0.120. The van der Waals surface area contributed by atoms with Crippen molar-refractivity contribution in [2.24, 2.45) is 5.92 Å². The molecule has 1 heterocycles. The van der Waals surface area contributed by atoms with E-state index in [1.54, 1.807) is 12.1 Å². The molecule has 1 amide bonds. The van der Waals surface area contributed by atoms with Gasteiger partial charge in [0.05, 0.1) is 17.9 Å². The number of aryl methyl sites for hydroxylation is 2. The Morgan fingerprint density at radius 1 is 1.11 bits per heavy atom.